The highest BCUT2D eigenvalue weighted by Gasteiger charge is 2.31. The molecule has 4 heteroatoms. The third kappa shape index (κ3) is 3.82. The third-order valence-corrected chi connectivity index (χ3v) is 3.31. The first-order valence-corrected chi connectivity index (χ1v) is 6.05. The number of nitrogens with one attached hydrogen (secondary N) is 1. The monoisotopic (exact) mass is 223 g/mol. The third-order valence-electron chi connectivity index (χ3n) is 3.31. The van der Waals surface area contributed by atoms with Gasteiger partial charge in [0.25, 0.3) is 0 Å². The molecule has 1 rings (SSSR count). The quantitative estimate of drug-likeness (QED) is 0.740. The summed E-state index contributed by atoms with van der Waals surface area (Å²) >= 11 is 0. The van der Waals surface area contributed by atoms with Gasteiger partial charge in [-0.2, -0.15) is 5.26 Å². The van der Waals surface area contributed by atoms with Crippen molar-refractivity contribution >= 4 is 5.91 Å². The van der Waals surface area contributed by atoms with Gasteiger partial charge in [-0.1, -0.05) is 19.8 Å². The van der Waals surface area contributed by atoms with E-state index in [1.165, 1.54) is 0 Å². The van der Waals surface area contributed by atoms with E-state index < -0.39 is 0 Å². The lowest BCUT2D eigenvalue weighted by atomic mass is 9.94. The molecule has 0 aliphatic heterocycles. The minimum Gasteiger partial charge on any atom is -0.352 e. The Morgan fingerprint density at radius 3 is 2.69 bits per heavy atom. The van der Waals surface area contributed by atoms with Gasteiger partial charge in [0, 0.05) is 18.0 Å². The highest BCUT2D eigenvalue weighted by atomic mass is 16.1. The smallest absolute Gasteiger partial charge is 0.222 e. The average molecular weight is 223 g/mol. The van der Waals surface area contributed by atoms with Crippen LogP contribution in [-0.4, -0.2) is 17.5 Å². The Morgan fingerprint density at radius 2 is 2.19 bits per heavy atom. The van der Waals surface area contributed by atoms with E-state index in [9.17, 15) is 4.79 Å². The van der Waals surface area contributed by atoms with Crippen molar-refractivity contribution in [1.29, 1.82) is 5.26 Å². The van der Waals surface area contributed by atoms with Crippen molar-refractivity contribution in [3.63, 3.8) is 0 Å². The van der Waals surface area contributed by atoms with E-state index in [0.717, 1.165) is 32.1 Å². The highest BCUT2D eigenvalue weighted by Crippen LogP contribution is 2.29. The van der Waals surface area contributed by atoms with Crippen molar-refractivity contribution in [3.8, 4) is 6.07 Å². The van der Waals surface area contributed by atoms with Crippen molar-refractivity contribution in [2.24, 2.45) is 5.73 Å². The number of nitrogens with two attached hydrogens (primary N) is 1. The van der Waals surface area contributed by atoms with Crippen LogP contribution in [0, 0.1) is 11.3 Å². The van der Waals surface area contributed by atoms with Crippen molar-refractivity contribution in [2.45, 2.75) is 63.5 Å². The number of nitriles is 1. The van der Waals surface area contributed by atoms with Crippen LogP contribution < -0.4 is 11.1 Å². The summed E-state index contributed by atoms with van der Waals surface area (Å²) in [5, 5.41) is 11.5. The lowest BCUT2D eigenvalue weighted by Crippen LogP contribution is -2.44. The number of carbonyl (C=O) groups excluding carboxylic acids is 1. The van der Waals surface area contributed by atoms with Gasteiger partial charge < -0.3 is 11.1 Å². The van der Waals surface area contributed by atoms with Gasteiger partial charge in [0.2, 0.25) is 5.91 Å². The molecule has 90 valence electrons. The van der Waals surface area contributed by atoms with E-state index in [-0.39, 0.29) is 17.5 Å². The summed E-state index contributed by atoms with van der Waals surface area (Å²) in [5.74, 6) is -0.00787. The molecule has 0 saturated heterocycles. The second kappa shape index (κ2) is 5.86. The molecule has 0 aromatic carbocycles. The summed E-state index contributed by atoms with van der Waals surface area (Å²) < 4.78 is 0. The second-order valence-corrected chi connectivity index (χ2v) is 4.78. The molecular formula is C12H21N3O. The molecule has 3 N–H and O–H groups in total. The van der Waals surface area contributed by atoms with E-state index in [4.69, 9.17) is 11.0 Å². The summed E-state index contributed by atoms with van der Waals surface area (Å²) in [6, 6.07) is 2.06. The normalized spacial score (nSPS) is 20.1. The van der Waals surface area contributed by atoms with E-state index in [2.05, 4.69) is 11.4 Å². The maximum absolute atomic E-state index is 11.7. The van der Waals surface area contributed by atoms with Gasteiger partial charge in [0.05, 0.1) is 12.5 Å². The fraction of sp³-hybridized carbons (Fsp3) is 0.833. The average Bonchev–Trinajstić information content (AvgIpc) is 2.63. The Labute approximate surface area is 97.2 Å². The van der Waals surface area contributed by atoms with E-state index in [1.807, 2.05) is 6.92 Å². The molecule has 16 heavy (non-hydrogen) atoms. The summed E-state index contributed by atoms with van der Waals surface area (Å²) in [7, 11) is 0. The van der Waals surface area contributed by atoms with Gasteiger partial charge in [-0.05, 0) is 19.3 Å². The standard InChI is InChI=1S/C12H21N3O/c1-2-10(5-8-13)15-11(16)9-12(14)6-3-4-7-12/h10H,2-7,9,14H2,1H3,(H,15,16). The molecule has 0 aromatic heterocycles. The van der Waals surface area contributed by atoms with Gasteiger partial charge in [-0.3, -0.25) is 4.79 Å². The molecule has 0 radical (unpaired) electrons. The highest BCUT2D eigenvalue weighted by molar-refractivity contribution is 5.77. The molecule has 0 aromatic rings. The summed E-state index contributed by atoms with van der Waals surface area (Å²) in [6.45, 7) is 1.97. The van der Waals surface area contributed by atoms with Crippen LogP contribution in [0.5, 0.6) is 0 Å². The summed E-state index contributed by atoms with van der Waals surface area (Å²) in [5.41, 5.74) is 5.83. The maximum Gasteiger partial charge on any atom is 0.222 e. The van der Waals surface area contributed by atoms with E-state index >= 15 is 0 Å². The maximum atomic E-state index is 11.7. The van der Waals surface area contributed by atoms with Crippen molar-refractivity contribution < 1.29 is 4.79 Å². The van der Waals surface area contributed by atoms with Crippen LogP contribution in [0.1, 0.15) is 51.9 Å². The fourth-order valence-electron chi connectivity index (χ4n) is 2.26. The molecule has 1 unspecified atom stereocenters. The minimum atomic E-state index is -0.297. The Balaban J connectivity index is 2.37. The van der Waals surface area contributed by atoms with E-state index in [1.54, 1.807) is 0 Å². The van der Waals surface area contributed by atoms with Crippen molar-refractivity contribution in [3.05, 3.63) is 0 Å². The zero-order valence-corrected chi connectivity index (χ0v) is 9.96. The first-order valence-electron chi connectivity index (χ1n) is 6.05. The molecule has 1 fully saturated rings. The molecule has 0 heterocycles. The van der Waals surface area contributed by atoms with Crippen LogP contribution in [0.3, 0.4) is 0 Å². The number of amides is 1. The minimum absolute atomic E-state index is 0.00787. The first kappa shape index (κ1) is 13.0. The summed E-state index contributed by atoms with van der Waals surface area (Å²) in [6.07, 6.45) is 5.69. The topological polar surface area (TPSA) is 78.9 Å². The molecule has 0 bridgehead atoms. The molecule has 1 amide bonds. The van der Waals surface area contributed by atoms with Gasteiger partial charge >= 0.3 is 0 Å². The van der Waals surface area contributed by atoms with Crippen LogP contribution in [0.2, 0.25) is 0 Å². The van der Waals surface area contributed by atoms with Crippen LogP contribution in [0.4, 0.5) is 0 Å². The zero-order valence-electron chi connectivity index (χ0n) is 9.96. The Hall–Kier alpha value is -1.08. The van der Waals surface area contributed by atoms with Crippen LogP contribution >= 0.6 is 0 Å². The number of rotatable bonds is 5. The van der Waals surface area contributed by atoms with Crippen LogP contribution in [0.15, 0.2) is 0 Å². The molecular weight excluding hydrogens is 202 g/mol. The van der Waals surface area contributed by atoms with Gasteiger partial charge in [-0.15, -0.1) is 0 Å². The van der Waals surface area contributed by atoms with Crippen molar-refractivity contribution in [2.75, 3.05) is 0 Å². The zero-order chi connectivity index (χ0) is 12.0. The fourth-order valence-corrected chi connectivity index (χ4v) is 2.26. The molecule has 1 aliphatic carbocycles. The van der Waals surface area contributed by atoms with Crippen LogP contribution in [-0.2, 0) is 4.79 Å². The number of hydrogen-bond acceptors (Lipinski definition) is 3. The SMILES string of the molecule is CCC(CC#N)NC(=O)CC1(N)CCCC1. The largest absolute Gasteiger partial charge is 0.352 e. The Kier molecular flexibility index (Phi) is 4.75. The lowest BCUT2D eigenvalue weighted by molar-refractivity contribution is -0.122. The lowest BCUT2D eigenvalue weighted by Gasteiger charge is -2.24. The van der Waals surface area contributed by atoms with Gasteiger partial charge in [-0.25, -0.2) is 0 Å². The molecule has 1 atom stereocenters. The van der Waals surface area contributed by atoms with Crippen molar-refractivity contribution in [1.82, 2.24) is 5.32 Å². The molecule has 1 aliphatic rings. The van der Waals surface area contributed by atoms with Crippen LogP contribution in [0.25, 0.3) is 0 Å². The van der Waals surface area contributed by atoms with E-state index in [0.29, 0.717) is 12.8 Å². The second-order valence-electron chi connectivity index (χ2n) is 4.78. The first-order chi connectivity index (χ1) is 7.59. The summed E-state index contributed by atoms with van der Waals surface area (Å²) in [4.78, 5) is 11.7. The molecule has 1 saturated carbocycles. The van der Waals surface area contributed by atoms with Gasteiger partial charge in [0.15, 0.2) is 0 Å². The predicted molar refractivity (Wildman–Crippen MR) is 62.5 cm³/mol. The number of carbonyl (C=O) groups is 1. The Bertz CT molecular complexity index is 276. The predicted octanol–water partition coefficient (Wildman–Crippen LogP) is 1.46. The molecule has 4 nitrogen and oxygen atoms in total. The van der Waals surface area contributed by atoms with Gasteiger partial charge in [0.1, 0.15) is 0 Å². The Morgan fingerprint density at radius 1 is 1.56 bits per heavy atom. The molecule has 0 spiro atoms. The number of nitrogens with zero attached hydrogens (tertiary/aromatic N) is 1. The number of hydrogen-bond donors (Lipinski definition) is 2.